The Bertz CT molecular complexity index is 509. The highest BCUT2D eigenvalue weighted by Gasteiger charge is 2.15. The van der Waals surface area contributed by atoms with Crippen molar-refractivity contribution in [3.8, 4) is 0 Å². The Hall–Kier alpha value is -0.840. The van der Waals surface area contributed by atoms with Gasteiger partial charge in [-0.1, -0.05) is 17.7 Å². The molecule has 90 valence electrons. The smallest absolute Gasteiger partial charge is 0.169 e. The molecule has 1 unspecified atom stereocenters. The van der Waals surface area contributed by atoms with Gasteiger partial charge < -0.3 is 10.2 Å². The van der Waals surface area contributed by atoms with Gasteiger partial charge in [0.25, 0.3) is 0 Å². The van der Waals surface area contributed by atoms with Crippen molar-refractivity contribution in [1.82, 2.24) is 0 Å². The lowest BCUT2D eigenvalue weighted by Crippen LogP contribution is -2.13. The van der Waals surface area contributed by atoms with E-state index in [-0.39, 0.29) is 5.82 Å². The number of rotatable bonds is 3. The molecule has 0 bridgehead atoms. The van der Waals surface area contributed by atoms with Crippen molar-refractivity contribution in [1.29, 1.82) is 0 Å². The van der Waals surface area contributed by atoms with Gasteiger partial charge in [0.1, 0.15) is 11.6 Å². The zero-order valence-electron chi connectivity index (χ0n) is 8.79. The molecule has 2 aromatic rings. The van der Waals surface area contributed by atoms with Crippen LogP contribution < -0.4 is 5.73 Å². The molecule has 0 saturated heterocycles. The number of furan rings is 1. The molecule has 1 atom stereocenters. The molecule has 1 aromatic heterocycles. The first-order valence-corrected chi connectivity index (χ1v) is 6.18. The highest BCUT2D eigenvalue weighted by Crippen LogP contribution is 2.26. The van der Waals surface area contributed by atoms with Gasteiger partial charge in [-0.2, -0.15) is 0 Å². The first kappa shape index (κ1) is 12.6. The minimum absolute atomic E-state index is 0.297. The van der Waals surface area contributed by atoms with Gasteiger partial charge in [-0.05, 0) is 46.6 Å². The van der Waals surface area contributed by atoms with E-state index < -0.39 is 6.04 Å². The van der Waals surface area contributed by atoms with Gasteiger partial charge in [0.2, 0.25) is 0 Å². The molecule has 2 nitrogen and oxygen atoms in total. The second kappa shape index (κ2) is 5.21. The van der Waals surface area contributed by atoms with Crippen LogP contribution in [0.5, 0.6) is 0 Å². The second-order valence-corrected chi connectivity index (χ2v) is 4.84. The van der Waals surface area contributed by atoms with Gasteiger partial charge in [-0.15, -0.1) is 0 Å². The van der Waals surface area contributed by atoms with Crippen LogP contribution in [-0.2, 0) is 6.42 Å². The molecule has 0 aliphatic rings. The van der Waals surface area contributed by atoms with Crippen LogP contribution in [-0.4, -0.2) is 0 Å². The molecule has 0 fully saturated rings. The topological polar surface area (TPSA) is 39.2 Å². The lowest BCUT2D eigenvalue weighted by molar-refractivity contribution is 0.445. The van der Waals surface area contributed by atoms with Crippen LogP contribution >= 0.6 is 27.5 Å². The normalized spacial score (nSPS) is 12.7. The van der Waals surface area contributed by atoms with E-state index in [1.54, 1.807) is 24.3 Å². The van der Waals surface area contributed by atoms with Crippen molar-refractivity contribution in [2.75, 3.05) is 0 Å². The molecule has 5 heteroatoms. The van der Waals surface area contributed by atoms with Crippen molar-refractivity contribution in [3.63, 3.8) is 0 Å². The van der Waals surface area contributed by atoms with Crippen LogP contribution in [0.4, 0.5) is 4.39 Å². The van der Waals surface area contributed by atoms with Crippen LogP contribution in [0.1, 0.15) is 17.4 Å². The summed E-state index contributed by atoms with van der Waals surface area (Å²) < 4.78 is 19.5. The summed E-state index contributed by atoms with van der Waals surface area (Å²) in [5.41, 5.74) is 6.35. The maximum absolute atomic E-state index is 13.6. The third-order valence-electron chi connectivity index (χ3n) is 2.45. The highest BCUT2D eigenvalue weighted by atomic mass is 79.9. The van der Waals surface area contributed by atoms with E-state index in [0.29, 0.717) is 27.4 Å². The summed E-state index contributed by atoms with van der Waals surface area (Å²) >= 11 is 9.12. The van der Waals surface area contributed by atoms with Gasteiger partial charge in [0.05, 0.1) is 6.04 Å². The van der Waals surface area contributed by atoms with Crippen LogP contribution in [0.25, 0.3) is 0 Å². The summed E-state index contributed by atoms with van der Waals surface area (Å²) in [6.07, 6.45) is 0.297. The average molecular weight is 319 g/mol. The van der Waals surface area contributed by atoms with E-state index in [9.17, 15) is 4.39 Å². The zero-order valence-corrected chi connectivity index (χ0v) is 11.1. The Balaban J connectivity index is 2.21. The number of halogens is 3. The summed E-state index contributed by atoms with van der Waals surface area (Å²) in [6.45, 7) is 0. The number of hydrogen-bond acceptors (Lipinski definition) is 2. The van der Waals surface area contributed by atoms with Gasteiger partial charge >= 0.3 is 0 Å². The lowest BCUT2D eigenvalue weighted by Gasteiger charge is -2.11. The van der Waals surface area contributed by atoms with Crippen LogP contribution in [0.3, 0.4) is 0 Å². The molecule has 0 aliphatic heterocycles. The molecule has 1 aromatic carbocycles. The van der Waals surface area contributed by atoms with Crippen molar-refractivity contribution in [2.45, 2.75) is 12.5 Å². The molecule has 17 heavy (non-hydrogen) atoms. The third kappa shape index (κ3) is 2.89. The van der Waals surface area contributed by atoms with Gasteiger partial charge in [0.15, 0.2) is 4.67 Å². The van der Waals surface area contributed by atoms with Crippen LogP contribution in [0.2, 0.25) is 5.02 Å². The predicted molar refractivity (Wildman–Crippen MR) is 68.5 cm³/mol. The van der Waals surface area contributed by atoms with Gasteiger partial charge in [-0.3, -0.25) is 0 Å². The summed E-state index contributed by atoms with van der Waals surface area (Å²) in [5.74, 6) is 0.245. The van der Waals surface area contributed by atoms with Crippen molar-refractivity contribution in [2.24, 2.45) is 5.73 Å². The summed E-state index contributed by atoms with van der Waals surface area (Å²) in [5, 5.41) is 0.381. The van der Waals surface area contributed by atoms with Crippen molar-refractivity contribution < 1.29 is 8.81 Å². The molecule has 0 spiro atoms. The fraction of sp³-hybridized carbons (Fsp3) is 0.167. The molecule has 2 N–H and O–H groups in total. The standard InChI is InChI=1S/C12H10BrClFNO/c13-12-5-4-11(17-12)10(16)6-7-8(14)2-1-3-9(7)15/h1-5,10H,6,16H2. The summed E-state index contributed by atoms with van der Waals surface area (Å²) in [4.78, 5) is 0. The quantitative estimate of drug-likeness (QED) is 0.926. The first-order chi connectivity index (χ1) is 8.08. The molecule has 1 heterocycles. The first-order valence-electron chi connectivity index (χ1n) is 5.01. The highest BCUT2D eigenvalue weighted by molar-refractivity contribution is 9.10. The van der Waals surface area contributed by atoms with E-state index >= 15 is 0 Å². The Morgan fingerprint density at radius 3 is 2.71 bits per heavy atom. The van der Waals surface area contributed by atoms with E-state index in [4.69, 9.17) is 21.8 Å². The SMILES string of the molecule is NC(Cc1c(F)cccc1Cl)c1ccc(Br)o1. The van der Waals surface area contributed by atoms with E-state index in [1.165, 1.54) is 6.07 Å². The molecular weight excluding hydrogens is 308 g/mol. The monoisotopic (exact) mass is 317 g/mol. The second-order valence-electron chi connectivity index (χ2n) is 3.65. The molecular formula is C12H10BrClFNO. The Morgan fingerprint density at radius 2 is 2.12 bits per heavy atom. The van der Waals surface area contributed by atoms with Crippen LogP contribution in [0.15, 0.2) is 39.4 Å². The number of hydrogen-bond donors (Lipinski definition) is 1. The maximum Gasteiger partial charge on any atom is 0.169 e. The average Bonchev–Trinajstić information content (AvgIpc) is 2.70. The van der Waals surface area contributed by atoms with Crippen molar-refractivity contribution in [3.05, 3.63) is 57.2 Å². The third-order valence-corrected chi connectivity index (χ3v) is 3.23. The van der Waals surface area contributed by atoms with Gasteiger partial charge in [-0.25, -0.2) is 4.39 Å². The Morgan fingerprint density at radius 1 is 1.35 bits per heavy atom. The van der Waals surface area contributed by atoms with Crippen molar-refractivity contribution >= 4 is 27.5 Å². The minimum atomic E-state index is -0.421. The molecule has 0 aliphatic carbocycles. The fourth-order valence-electron chi connectivity index (χ4n) is 1.58. The number of benzene rings is 1. The lowest BCUT2D eigenvalue weighted by atomic mass is 10.0. The van der Waals surface area contributed by atoms with Gasteiger partial charge in [0, 0.05) is 10.6 Å². The maximum atomic E-state index is 13.6. The summed E-state index contributed by atoms with van der Waals surface area (Å²) in [6, 6.07) is 7.66. The molecule has 2 rings (SSSR count). The minimum Gasteiger partial charge on any atom is -0.453 e. The molecule has 0 saturated carbocycles. The van der Waals surface area contributed by atoms with Crippen LogP contribution in [0, 0.1) is 5.82 Å². The number of nitrogens with two attached hydrogens (primary N) is 1. The predicted octanol–water partition coefficient (Wildman–Crippen LogP) is 4.08. The largest absolute Gasteiger partial charge is 0.453 e. The molecule has 0 amide bonds. The van der Waals surface area contributed by atoms with E-state index in [1.807, 2.05) is 0 Å². The summed E-state index contributed by atoms with van der Waals surface area (Å²) in [7, 11) is 0. The van der Waals surface area contributed by atoms with E-state index in [0.717, 1.165) is 0 Å². The van der Waals surface area contributed by atoms with E-state index in [2.05, 4.69) is 15.9 Å². The Labute approximate surface area is 112 Å². The fourth-order valence-corrected chi connectivity index (χ4v) is 2.13. The zero-order chi connectivity index (χ0) is 12.4. The Kier molecular flexibility index (Phi) is 3.86. The molecule has 0 radical (unpaired) electrons.